The zero-order valence-corrected chi connectivity index (χ0v) is 16.5. The Morgan fingerprint density at radius 3 is 2.52 bits per heavy atom. The highest BCUT2D eigenvalue weighted by Gasteiger charge is 2.12. The van der Waals surface area contributed by atoms with Gasteiger partial charge in [-0.25, -0.2) is 0 Å². The second-order valence-corrected chi connectivity index (χ2v) is 7.82. The molecule has 1 saturated carbocycles. The van der Waals surface area contributed by atoms with E-state index in [1.807, 2.05) is 24.3 Å². The molecule has 0 atom stereocenters. The lowest BCUT2D eigenvalue weighted by Gasteiger charge is -2.21. The van der Waals surface area contributed by atoms with E-state index in [1.165, 1.54) is 37.7 Å². The van der Waals surface area contributed by atoms with Gasteiger partial charge in [-0.3, -0.25) is 14.8 Å². The second kappa shape index (κ2) is 9.05. The molecule has 4 rings (SSSR count). The molecule has 3 aromatic rings. The SMILES string of the molecule is O=c1[nH]c(O)c(C=Nc2ccc(CNCC3CCCCC3)cc2)c2ccccc12. The Hall–Kier alpha value is -2.92. The van der Waals surface area contributed by atoms with Crippen molar-refractivity contribution in [3.63, 3.8) is 0 Å². The van der Waals surface area contributed by atoms with Crippen LogP contribution in [0.4, 0.5) is 5.69 Å². The Labute approximate surface area is 170 Å². The quantitative estimate of drug-likeness (QED) is 0.537. The third-order valence-corrected chi connectivity index (χ3v) is 5.71. The maximum absolute atomic E-state index is 12.0. The third kappa shape index (κ3) is 4.74. The molecule has 0 spiro atoms. The highest BCUT2D eigenvalue weighted by Crippen LogP contribution is 2.23. The van der Waals surface area contributed by atoms with Gasteiger partial charge in [0.05, 0.1) is 11.3 Å². The molecule has 1 aliphatic rings. The van der Waals surface area contributed by atoms with Crippen molar-refractivity contribution in [2.24, 2.45) is 10.9 Å². The average molecular weight is 389 g/mol. The topological polar surface area (TPSA) is 77.5 Å². The minimum absolute atomic E-state index is 0.166. The van der Waals surface area contributed by atoms with Gasteiger partial charge in [0.25, 0.3) is 5.56 Å². The Bertz CT molecular complexity index is 1050. The molecule has 5 nitrogen and oxygen atoms in total. The van der Waals surface area contributed by atoms with Crippen LogP contribution >= 0.6 is 0 Å². The van der Waals surface area contributed by atoms with Crippen molar-refractivity contribution in [1.82, 2.24) is 10.3 Å². The number of aromatic amines is 1. The lowest BCUT2D eigenvalue weighted by Crippen LogP contribution is -2.24. The van der Waals surface area contributed by atoms with Crippen LogP contribution in [0.15, 0.2) is 58.3 Å². The van der Waals surface area contributed by atoms with Crippen molar-refractivity contribution in [3.8, 4) is 5.88 Å². The van der Waals surface area contributed by atoms with Crippen molar-refractivity contribution in [2.75, 3.05) is 6.54 Å². The number of benzene rings is 2. The van der Waals surface area contributed by atoms with Crippen LogP contribution in [0.25, 0.3) is 10.8 Å². The molecule has 150 valence electrons. The highest BCUT2D eigenvalue weighted by molar-refractivity contribution is 6.01. The predicted octanol–water partition coefficient (Wildman–Crippen LogP) is 4.65. The van der Waals surface area contributed by atoms with Gasteiger partial charge in [0.2, 0.25) is 5.88 Å². The molecular formula is C24H27N3O2. The second-order valence-electron chi connectivity index (χ2n) is 7.82. The van der Waals surface area contributed by atoms with Gasteiger partial charge in [-0.2, -0.15) is 0 Å². The predicted molar refractivity (Wildman–Crippen MR) is 118 cm³/mol. The van der Waals surface area contributed by atoms with Gasteiger partial charge in [-0.05, 0) is 49.1 Å². The first-order chi connectivity index (χ1) is 14.2. The van der Waals surface area contributed by atoms with Crippen LogP contribution in [0.3, 0.4) is 0 Å². The summed E-state index contributed by atoms with van der Waals surface area (Å²) in [5.74, 6) is 0.661. The number of aliphatic imine (C=N–C) groups is 1. The number of rotatable bonds is 6. The molecule has 0 unspecified atom stereocenters. The first-order valence-electron chi connectivity index (χ1n) is 10.4. The number of fused-ring (bicyclic) bond motifs is 1. The summed E-state index contributed by atoms with van der Waals surface area (Å²) in [4.78, 5) is 18.9. The number of nitrogens with zero attached hydrogens (tertiary/aromatic N) is 1. The number of aromatic hydroxyl groups is 1. The van der Waals surface area contributed by atoms with Crippen molar-refractivity contribution in [1.29, 1.82) is 0 Å². The minimum atomic E-state index is -0.305. The largest absolute Gasteiger partial charge is 0.494 e. The van der Waals surface area contributed by atoms with Crippen molar-refractivity contribution in [2.45, 2.75) is 38.6 Å². The van der Waals surface area contributed by atoms with Gasteiger partial charge in [0.15, 0.2) is 0 Å². The van der Waals surface area contributed by atoms with Crippen molar-refractivity contribution < 1.29 is 5.11 Å². The van der Waals surface area contributed by atoms with Crippen LogP contribution < -0.4 is 10.9 Å². The van der Waals surface area contributed by atoms with Gasteiger partial charge in [0, 0.05) is 23.5 Å². The lowest BCUT2D eigenvalue weighted by molar-refractivity contribution is 0.342. The normalized spacial score (nSPS) is 15.3. The maximum atomic E-state index is 12.0. The van der Waals surface area contributed by atoms with Crippen LogP contribution in [-0.4, -0.2) is 22.8 Å². The molecule has 1 aromatic heterocycles. The number of aromatic nitrogens is 1. The summed E-state index contributed by atoms with van der Waals surface area (Å²) in [6.07, 6.45) is 8.45. The molecule has 0 amide bonds. The zero-order valence-electron chi connectivity index (χ0n) is 16.5. The van der Waals surface area contributed by atoms with E-state index in [4.69, 9.17) is 0 Å². The van der Waals surface area contributed by atoms with E-state index in [0.29, 0.717) is 16.3 Å². The highest BCUT2D eigenvalue weighted by atomic mass is 16.3. The van der Waals surface area contributed by atoms with Gasteiger partial charge >= 0.3 is 0 Å². The molecule has 0 bridgehead atoms. The van der Waals surface area contributed by atoms with E-state index < -0.39 is 0 Å². The number of pyridine rings is 1. The van der Waals surface area contributed by atoms with Gasteiger partial charge in [-0.15, -0.1) is 0 Å². The lowest BCUT2D eigenvalue weighted by atomic mass is 9.89. The standard InChI is InChI=1S/C24H27N3O2/c28-23-21-9-5-4-8-20(21)22(24(29)27-23)16-26-19-12-10-18(11-13-19)15-25-14-17-6-2-1-3-7-17/h4-5,8-13,16-17,25H,1-3,6-7,14-15H2,(H2,27,28,29). The van der Waals surface area contributed by atoms with E-state index in [-0.39, 0.29) is 11.4 Å². The van der Waals surface area contributed by atoms with Gasteiger partial charge in [-0.1, -0.05) is 49.6 Å². The van der Waals surface area contributed by atoms with E-state index in [1.54, 1.807) is 18.3 Å². The summed E-state index contributed by atoms with van der Waals surface area (Å²) >= 11 is 0. The number of H-pyrrole nitrogens is 1. The Morgan fingerprint density at radius 2 is 1.76 bits per heavy atom. The molecule has 5 heteroatoms. The van der Waals surface area contributed by atoms with Crippen LogP contribution in [0.2, 0.25) is 0 Å². The molecule has 1 aliphatic carbocycles. The summed E-state index contributed by atoms with van der Waals surface area (Å²) in [7, 11) is 0. The number of hydrogen-bond donors (Lipinski definition) is 3. The van der Waals surface area contributed by atoms with E-state index >= 15 is 0 Å². The first kappa shape index (κ1) is 19.4. The smallest absolute Gasteiger partial charge is 0.258 e. The molecule has 0 saturated heterocycles. The summed E-state index contributed by atoms with van der Waals surface area (Å²) < 4.78 is 0. The third-order valence-electron chi connectivity index (χ3n) is 5.71. The average Bonchev–Trinajstić information content (AvgIpc) is 2.75. The molecular weight excluding hydrogens is 362 g/mol. The molecule has 2 aromatic carbocycles. The maximum Gasteiger partial charge on any atom is 0.258 e. The summed E-state index contributed by atoms with van der Waals surface area (Å²) in [5.41, 5.74) is 2.24. The first-order valence-corrected chi connectivity index (χ1v) is 10.4. The molecule has 1 heterocycles. The van der Waals surface area contributed by atoms with Crippen LogP contribution in [0, 0.1) is 5.92 Å². The van der Waals surface area contributed by atoms with E-state index in [9.17, 15) is 9.90 Å². The van der Waals surface area contributed by atoms with E-state index in [2.05, 4.69) is 27.4 Å². The monoisotopic (exact) mass is 389 g/mol. The number of nitrogens with one attached hydrogen (secondary N) is 2. The van der Waals surface area contributed by atoms with E-state index in [0.717, 1.165) is 24.7 Å². The Balaban J connectivity index is 1.42. The molecule has 0 radical (unpaired) electrons. The fraction of sp³-hybridized carbons (Fsp3) is 0.333. The fourth-order valence-corrected chi connectivity index (χ4v) is 4.07. The Morgan fingerprint density at radius 1 is 1.03 bits per heavy atom. The number of hydrogen-bond acceptors (Lipinski definition) is 4. The van der Waals surface area contributed by atoms with Crippen LogP contribution in [0.1, 0.15) is 43.2 Å². The minimum Gasteiger partial charge on any atom is -0.494 e. The van der Waals surface area contributed by atoms with Gasteiger partial charge < -0.3 is 10.4 Å². The zero-order chi connectivity index (χ0) is 20.1. The molecule has 29 heavy (non-hydrogen) atoms. The van der Waals surface area contributed by atoms with Crippen molar-refractivity contribution >= 4 is 22.7 Å². The van der Waals surface area contributed by atoms with Crippen LogP contribution in [0.5, 0.6) is 5.88 Å². The molecule has 0 aliphatic heterocycles. The summed E-state index contributed by atoms with van der Waals surface area (Å²) in [5, 5.41) is 15.0. The molecule has 3 N–H and O–H groups in total. The Kier molecular flexibility index (Phi) is 6.06. The van der Waals surface area contributed by atoms with Crippen LogP contribution in [-0.2, 0) is 6.54 Å². The fourth-order valence-electron chi connectivity index (χ4n) is 4.07. The summed E-state index contributed by atoms with van der Waals surface area (Å²) in [6, 6.07) is 15.3. The van der Waals surface area contributed by atoms with Gasteiger partial charge in [0.1, 0.15) is 0 Å². The van der Waals surface area contributed by atoms with Crippen molar-refractivity contribution in [3.05, 3.63) is 70.0 Å². The molecule has 1 fully saturated rings. The summed E-state index contributed by atoms with van der Waals surface area (Å²) in [6.45, 7) is 1.96.